The molecule has 0 bridgehead atoms. The zero-order chi connectivity index (χ0) is 15.9. The molecular weight excluding hydrogens is 310 g/mol. The molecule has 0 saturated carbocycles. The summed E-state index contributed by atoms with van der Waals surface area (Å²) in [7, 11) is -3.53. The first-order valence-corrected chi connectivity index (χ1v) is 8.36. The zero-order valence-corrected chi connectivity index (χ0v) is 13.4. The molecule has 0 spiro atoms. The summed E-state index contributed by atoms with van der Waals surface area (Å²) in [6.45, 7) is 1.72. The molecule has 21 heavy (non-hydrogen) atoms. The second-order valence-electron chi connectivity index (χ2n) is 4.53. The molecule has 6 nitrogen and oxygen atoms in total. The number of carbonyl (C=O) groups is 1. The van der Waals surface area contributed by atoms with Crippen molar-refractivity contribution in [1.29, 1.82) is 0 Å². The third-order valence-corrected chi connectivity index (χ3v) is 4.31. The van der Waals surface area contributed by atoms with Gasteiger partial charge in [0.1, 0.15) is 0 Å². The molecule has 8 heteroatoms. The number of unbranched alkanes of at least 4 members (excludes halogenated alkanes) is 1. The summed E-state index contributed by atoms with van der Waals surface area (Å²) < 4.78 is 26.5. The number of hydrogen-bond acceptors (Lipinski definition) is 4. The van der Waals surface area contributed by atoms with Crippen molar-refractivity contribution in [2.24, 2.45) is 5.73 Å². The van der Waals surface area contributed by atoms with E-state index in [0.717, 1.165) is 6.42 Å². The predicted molar refractivity (Wildman–Crippen MR) is 86.6 cm³/mol. The van der Waals surface area contributed by atoms with E-state index in [0.29, 0.717) is 30.1 Å². The molecule has 1 aromatic rings. The minimum absolute atomic E-state index is 0.158. The molecule has 0 aliphatic heterocycles. The van der Waals surface area contributed by atoms with Crippen LogP contribution in [0.25, 0.3) is 0 Å². The van der Waals surface area contributed by atoms with Gasteiger partial charge in [-0.2, -0.15) is 0 Å². The number of carbonyl (C=O) groups excluding carboxylic acids is 1. The second kappa shape index (κ2) is 8.06. The standard InChI is InChI=1S/C13H19N3O3S2/c1-10(17)16-11-5-7-12(8-6-11)21(18,19)15-9-3-2-4-13(14)20/h5-8,15H,2-4,9H2,1H3,(H2,14,20)(H,16,17). The fourth-order valence-electron chi connectivity index (χ4n) is 1.63. The summed E-state index contributed by atoms with van der Waals surface area (Å²) in [5.41, 5.74) is 5.92. The van der Waals surface area contributed by atoms with E-state index in [1.807, 2.05) is 0 Å². The van der Waals surface area contributed by atoms with Crippen LogP contribution in [-0.4, -0.2) is 25.9 Å². The quantitative estimate of drug-likeness (QED) is 0.494. The maximum atomic E-state index is 12.0. The van der Waals surface area contributed by atoms with Crippen molar-refractivity contribution >= 4 is 38.8 Å². The fraction of sp³-hybridized carbons (Fsp3) is 0.385. The summed E-state index contributed by atoms with van der Waals surface area (Å²) in [5, 5.41) is 2.58. The van der Waals surface area contributed by atoms with Crippen molar-refractivity contribution in [2.45, 2.75) is 31.1 Å². The van der Waals surface area contributed by atoms with E-state index in [2.05, 4.69) is 10.0 Å². The molecular formula is C13H19N3O3S2. The number of rotatable bonds is 8. The number of anilines is 1. The molecule has 1 rings (SSSR count). The van der Waals surface area contributed by atoms with E-state index in [-0.39, 0.29) is 10.8 Å². The van der Waals surface area contributed by atoms with Crippen LogP contribution in [0.3, 0.4) is 0 Å². The molecule has 0 fully saturated rings. The molecule has 0 heterocycles. The first-order chi connectivity index (χ1) is 9.81. The highest BCUT2D eigenvalue weighted by Gasteiger charge is 2.12. The summed E-state index contributed by atoms with van der Waals surface area (Å²) in [6.07, 6.45) is 2.03. The van der Waals surface area contributed by atoms with Crippen LogP contribution in [0.2, 0.25) is 0 Å². The Balaban J connectivity index is 2.54. The van der Waals surface area contributed by atoms with Crippen LogP contribution in [0.1, 0.15) is 26.2 Å². The number of benzene rings is 1. The maximum absolute atomic E-state index is 12.0. The Kier molecular flexibility index (Phi) is 6.73. The van der Waals surface area contributed by atoms with Gasteiger partial charge in [-0.25, -0.2) is 13.1 Å². The normalized spacial score (nSPS) is 11.1. The predicted octanol–water partition coefficient (Wildman–Crippen LogP) is 1.38. The van der Waals surface area contributed by atoms with Gasteiger partial charge in [-0.15, -0.1) is 0 Å². The molecule has 0 saturated heterocycles. The molecule has 0 aliphatic carbocycles. The topological polar surface area (TPSA) is 101 Å². The highest BCUT2D eigenvalue weighted by molar-refractivity contribution is 7.89. The molecule has 4 N–H and O–H groups in total. The van der Waals surface area contributed by atoms with E-state index in [9.17, 15) is 13.2 Å². The number of nitrogens with two attached hydrogens (primary N) is 1. The molecule has 1 aromatic carbocycles. The average molecular weight is 329 g/mol. The van der Waals surface area contributed by atoms with Gasteiger partial charge in [-0.05, 0) is 43.5 Å². The average Bonchev–Trinajstić information content (AvgIpc) is 2.37. The van der Waals surface area contributed by atoms with Crippen molar-refractivity contribution in [3.63, 3.8) is 0 Å². The van der Waals surface area contributed by atoms with Crippen molar-refractivity contribution in [3.05, 3.63) is 24.3 Å². The van der Waals surface area contributed by atoms with Gasteiger partial charge in [-0.1, -0.05) is 12.2 Å². The highest BCUT2D eigenvalue weighted by atomic mass is 32.2. The summed E-state index contributed by atoms with van der Waals surface area (Å²) in [4.78, 5) is 11.5. The van der Waals surface area contributed by atoms with Gasteiger partial charge in [-0.3, -0.25) is 4.79 Å². The van der Waals surface area contributed by atoms with Crippen molar-refractivity contribution in [1.82, 2.24) is 4.72 Å². The molecule has 0 atom stereocenters. The molecule has 0 radical (unpaired) electrons. The van der Waals surface area contributed by atoms with E-state index in [1.165, 1.54) is 19.1 Å². The monoisotopic (exact) mass is 329 g/mol. The molecule has 0 aromatic heterocycles. The third kappa shape index (κ3) is 6.65. The minimum Gasteiger partial charge on any atom is -0.393 e. The first-order valence-electron chi connectivity index (χ1n) is 6.47. The van der Waals surface area contributed by atoms with Gasteiger partial charge in [0, 0.05) is 19.2 Å². The Bertz CT molecular complexity index is 598. The molecule has 116 valence electrons. The lowest BCUT2D eigenvalue weighted by molar-refractivity contribution is -0.114. The molecule has 1 amide bonds. The van der Waals surface area contributed by atoms with Gasteiger partial charge >= 0.3 is 0 Å². The van der Waals surface area contributed by atoms with Gasteiger partial charge in [0.25, 0.3) is 0 Å². The fourth-order valence-corrected chi connectivity index (χ4v) is 2.85. The Labute approximate surface area is 130 Å². The maximum Gasteiger partial charge on any atom is 0.240 e. The Morgan fingerprint density at radius 3 is 2.38 bits per heavy atom. The van der Waals surface area contributed by atoms with Crippen LogP contribution < -0.4 is 15.8 Å². The molecule has 0 unspecified atom stereocenters. The second-order valence-corrected chi connectivity index (χ2v) is 6.82. The largest absolute Gasteiger partial charge is 0.393 e. The number of nitrogens with one attached hydrogen (secondary N) is 2. The summed E-state index contributed by atoms with van der Waals surface area (Å²) in [6, 6.07) is 5.98. The minimum atomic E-state index is -3.53. The zero-order valence-electron chi connectivity index (χ0n) is 11.8. The lowest BCUT2D eigenvalue weighted by atomic mass is 10.2. The van der Waals surface area contributed by atoms with Gasteiger partial charge in [0.15, 0.2) is 0 Å². The van der Waals surface area contributed by atoms with Crippen LogP contribution in [0.4, 0.5) is 5.69 Å². The number of amides is 1. The lowest BCUT2D eigenvalue weighted by Gasteiger charge is -2.08. The van der Waals surface area contributed by atoms with Gasteiger partial charge in [0.2, 0.25) is 15.9 Å². The van der Waals surface area contributed by atoms with Crippen LogP contribution in [0.5, 0.6) is 0 Å². The number of thiocarbonyl (C=S) groups is 1. The van der Waals surface area contributed by atoms with Crippen molar-refractivity contribution < 1.29 is 13.2 Å². The Morgan fingerprint density at radius 2 is 1.86 bits per heavy atom. The third-order valence-electron chi connectivity index (χ3n) is 2.63. The number of hydrogen-bond donors (Lipinski definition) is 3. The Hall–Kier alpha value is -1.51. The Morgan fingerprint density at radius 1 is 1.24 bits per heavy atom. The number of sulfonamides is 1. The van der Waals surface area contributed by atoms with E-state index in [1.54, 1.807) is 12.1 Å². The van der Waals surface area contributed by atoms with Crippen LogP contribution in [0, 0.1) is 0 Å². The smallest absolute Gasteiger partial charge is 0.240 e. The van der Waals surface area contributed by atoms with E-state index < -0.39 is 10.0 Å². The van der Waals surface area contributed by atoms with Gasteiger partial charge in [0.05, 0.1) is 9.88 Å². The summed E-state index contributed by atoms with van der Waals surface area (Å²) >= 11 is 4.75. The SMILES string of the molecule is CC(=O)Nc1ccc(S(=O)(=O)NCCCCC(N)=S)cc1. The van der Waals surface area contributed by atoms with Crippen LogP contribution >= 0.6 is 12.2 Å². The van der Waals surface area contributed by atoms with Gasteiger partial charge < -0.3 is 11.1 Å². The van der Waals surface area contributed by atoms with E-state index in [4.69, 9.17) is 18.0 Å². The van der Waals surface area contributed by atoms with Crippen molar-refractivity contribution in [2.75, 3.05) is 11.9 Å². The highest BCUT2D eigenvalue weighted by Crippen LogP contribution is 2.14. The van der Waals surface area contributed by atoms with E-state index >= 15 is 0 Å². The first kappa shape index (κ1) is 17.5. The van der Waals surface area contributed by atoms with Crippen molar-refractivity contribution in [3.8, 4) is 0 Å². The molecule has 0 aliphatic rings. The van der Waals surface area contributed by atoms with Crippen LogP contribution in [0.15, 0.2) is 29.2 Å². The lowest BCUT2D eigenvalue weighted by Crippen LogP contribution is -2.25. The summed E-state index contributed by atoms with van der Waals surface area (Å²) in [5.74, 6) is -0.207. The van der Waals surface area contributed by atoms with Crippen LogP contribution in [-0.2, 0) is 14.8 Å².